The van der Waals surface area contributed by atoms with Crippen LogP contribution in [0.15, 0.2) is 28.7 Å². The summed E-state index contributed by atoms with van der Waals surface area (Å²) in [5.41, 5.74) is 1.11. The SMILES string of the molecule is CCNCc1nnc(NC(C)c2ccc(Cl)cc2)o1. The minimum atomic E-state index is 0.0738. The molecule has 2 N–H and O–H groups in total. The van der Waals surface area contributed by atoms with Crippen LogP contribution in [0.4, 0.5) is 6.01 Å². The van der Waals surface area contributed by atoms with Gasteiger partial charge < -0.3 is 15.1 Å². The third-order valence-electron chi connectivity index (χ3n) is 2.70. The van der Waals surface area contributed by atoms with Gasteiger partial charge in [-0.05, 0) is 31.2 Å². The maximum absolute atomic E-state index is 5.86. The van der Waals surface area contributed by atoms with Crippen molar-refractivity contribution in [3.8, 4) is 0 Å². The van der Waals surface area contributed by atoms with Crippen molar-refractivity contribution in [1.82, 2.24) is 15.5 Å². The Morgan fingerprint density at radius 2 is 2.00 bits per heavy atom. The second kappa shape index (κ2) is 6.54. The molecule has 0 saturated heterocycles. The minimum Gasteiger partial charge on any atom is -0.407 e. The molecule has 2 aromatic rings. The average Bonchev–Trinajstić information content (AvgIpc) is 2.84. The molecule has 19 heavy (non-hydrogen) atoms. The van der Waals surface area contributed by atoms with Crippen LogP contribution in [0.2, 0.25) is 5.02 Å². The molecule has 0 saturated carbocycles. The Hall–Kier alpha value is -1.59. The smallest absolute Gasteiger partial charge is 0.315 e. The molecule has 0 spiro atoms. The molecule has 1 unspecified atom stereocenters. The van der Waals surface area contributed by atoms with Crippen LogP contribution in [0.25, 0.3) is 0 Å². The van der Waals surface area contributed by atoms with Gasteiger partial charge in [-0.1, -0.05) is 35.8 Å². The summed E-state index contributed by atoms with van der Waals surface area (Å²) in [5.74, 6) is 0.577. The first kappa shape index (κ1) is 13.8. The van der Waals surface area contributed by atoms with Crippen LogP contribution >= 0.6 is 11.6 Å². The van der Waals surface area contributed by atoms with E-state index in [4.69, 9.17) is 16.0 Å². The number of hydrogen-bond donors (Lipinski definition) is 2. The second-order valence-electron chi connectivity index (χ2n) is 4.20. The van der Waals surface area contributed by atoms with Crippen LogP contribution in [0.1, 0.15) is 31.3 Å². The predicted molar refractivity (Wildman–Crippen MR) is 75.2 cm³/mol. The number of halogens is 1. The Kier molecular flexibility index (Phi) is 4.76. The van der Waals surface area contributed by atoms with E-state index in [1.165, 1.54) is 0 Å². The monoisotopic (exact) mass is 280 g/mol. The molecule has 0 aliphatic heterocycles. The van der Waals surface area contributed by atoms with Gasteiger partial charge >= 0.3 is 6.01 Å². The molecular formula is C13H17ClN4O. The van der Waals surface area contributed by atoms with Crippen LogP contribution in [-0.2, 0) is 6.54 Å². The van der Waals surface area contributed by atoms with Crippen LogP contribution in [0, 0.1) is 0 Å². The average molecular weight is 281 g/mol. The largest absolute Gasteiger partial charge is 0.407 e. The molecule has 0 aliphatic rings. The molecule has 5 nitrogen and oxygen atoms in total. The van der Waals surface area contributed by atoms with Crippen molar-refractivity contribution in [3.63, 3.8) is 0 Å². The Morgan fingerprint density at radius 1 is 1.26 bits per heavy atom. The van der Waals surface area contributed by atoms with Gasteiger partial charge in [-0.15, -0.1) is 5.10 Å². The van der Waals surface area contributed by atoms with Crippen molar-refractivity contribution in [1.29, 1.82) is 0 Å². The zero-order valence-electron chi connectivity index (χ0n) is 11.0. The van der Waals surface area contributed by atoms with E-state index in [-0.39, 0.29) is 6.04 Å². The van der Waals surface area contributed by atoms with Crippen molar-refractivity contribution in [2.45, 2.75) is 26.4 Å². The maximum Gasteiger partial charge on any atom is 0.315 e. The highest BCUT2D eigenvalue weighted by Crippen LogP contribution is 2.20. The van der Waals surface area contributed by atoms with E-state index in [1.54, 1.807) is 0 Å². The van der Waals surface area contributed by atoms with E-state index in [0.717, 1.165) is 17.1 Å². The third kappa shape index (κ3) is 3.94. The summed E-state index contributed by atoms with van der Waals surface area (Å²) in [6, 6.07) is 8.16. The Bertz CT molecular complexity index is 512. The van der Waals surface area contributed by atoms with Crippen LogP contribution in [0.3, 0.4) is 0 Å². The van der Waals surface area contributed by atoms with Gasteiger partial charge in [-0.25, -0.2) is 0 Å². The van der Waals surface area contributed by atoms with E-state index < -0.39 is 0 Å². The molecular weight excluding hydrogens is 264 g/mol. The van der Waals surface area contributed by atoms with Gasteiger partial charge in [0.15, 0.2) is 0 Å². The zero-order valence-corrected chi connectivity index (χ0v) is 11.7. The molecule has 102 valence electrons. The van der Waals surface area contributed by atoms with Crippen LogP contribution in [-0.4, -0.2) is 16.7 Å². The van der Waals surface area contributed by atoms with E-state index >= 15 is 0 Å². The number of nitrogens with one attached hydrogen (secondary N) is 2. The number of rotatable bonds is 6. The highest BCUT2D eigenvalue weighted by molar-refractivity contribution is 6.30. The summed E-state index contributed by atoms with van der Waals surface area (Å²) in [7, 11) is 0. The molecule has 0 aliphatic carbocycles. The molecule has 1 aromatic heterocycles. The zero-order chi connectivity index (χ0) is 13.7. The first-order chi connectivity index (χ1) is 9.19. The fourth-order valence-electron chi connectivity index (χ4n) is 1.64. The number of aromatic nitrogens is 2. The van der Waals surface area contributed by atoms with Crippen LogP contribution < -0.4 is 10.6 Å². The van der Waals surface area contributed by atoms with Gasteiger partial charge in [0.1, 0.15) is 0 Å². The molecule has 0 fully saturated rings. The standard InChI is InChI=1S/C13H17ClN4O/c1-3-15-8-12-17-18-13(19-12)16-9(2)10-4-6-11(14)7-5-10/h4-7,9,15H,3,8H2,1-2H3,(H,16,18). The van der Waals surface area contributed by atoms with Gasteiger partial charge in [-0.2, -0.15) is 0 Å². The van der Waals surface area contributed by atoms with E-state index in [1.807, 2.05) is 38.1 Å². The fraction of sp³-hybridized carbons (Fsp3) is 0.385. The Morgan fingerprint density at radius 3 is 2.68 bits per heavy atom. The van der Waals surface area contributed by atoms with Crippen molar-refractivity contribution >= 4 is 17.6 Å². The highest BCUT2D eigenvalue weighted by Gasteiger charge is 2.10. The lowest BCUT2D eigenvalue weighted by molar-refractivity contribution is 0.478. The molecule has 2 rings (SSSR count). The van der Waals surface area contributed by atoms with Gasteiger partial charge in [0.2, 0.25) is 5.89 Å². The Labute approximate surface area is 117 Å². The van der Waals surface area contributed by atoms with Gasteiger partial charge in [0.25, 0.3) is 0 Å². The van der Waals surface area contributed by atoms with Gasteiger partial charge in [0.05, 0.1) is 12.6 Å². The topological polar surface area (TPSA) is 63.0 Å². The van der Waals surface area contributed by atoms with Crippen molar-refractivity contribution in [3.05, 3.63) is 40.7 Å². The number of nitrogens with zero attached hydrogens (tertiary/aromatic N) is 2. The lowest BCUT2D eigenvalue weighted by Gasteiger charge is -2.11. The molecule has 0 amide bonds. The predicted octanol–water partition coefficient (Wildman–Crippen LogP) is 3.01. The summed E-state index contributed by atoms with van der Waals surface area (Å²) in [6.45, 7) is 5.50. The van der Waals surface area contributed by atoms with Gasteiger partial charge in [-0.3, -0.25) is 0 Å². The second-order valence-corrected chi connectivity index (χ2v) is 4.64. The number of hydrogen-bond acceptors (Lipinski definition) is 5. The summed E-state index contributed by atoms with van der Waals surface area (Å²) in [6.07, 6.45) is 0. The van der Waals surface area contributed by atoms with Crippen molar-refractivity contribution in [2.24, 2.45) is 0 Å². The van der Waals surface area contributed by atoms with Crippen molar-refractivity contribution in [2.75, 3.05) is 11.9 Å². The summed E-state index contributed by atoms with van der Waals surface area (Å²) >= 11 is 5.86. The molecule has 1 aromatic carbocycles. The van der Waals surface area contributed by atoms with E-state index in [2.05, 4.69) is 20.8 Å². The maximum atomic E-state index is 5.86. The summed E-state index contributed by atoms with van der Waals surface area (Å²) < 4.78 is 5.48. The summed E-state index contributed by atoms with van der Waals surface area (Å²) in [5, 5.41) is 14.9. The lowest BCUT2D eigenvalue weighted by atomic mass is 10.1. The quantitative estimate of drug-likeness (QED) is 0.852. The van der Waals surface area contributed by atoms with Crippen LogP contribution in [0.5, 0.6) is 0 Å². The molecule has 6 heteroatoms. The van der Waals surface area contributed by atoms with Gasteiger partial charge in [0, 0.05) is 5.02 Å². The van der Waals surface area contributed by atoms with E-state index in [0.29, 0.717) is 18.5 Å². The fourth-order valence-corrected chi connectivity index (χ4v) is 1.76. The normalized spacial score (nSPS) is 12.4. The highest BCUT2D eigenvalue weighted by atomic mass is 35.5. The summed E-state index contributed by atoms with van der Waals surface area (Å²) in [4.78, 5) is 0. The number of anilines is 1. The minimum absolute atomic E-state index is 0.0738. The van der Waals surface area contributed by atoms with E-state index in [9.17, 15) is 0 Å². The lowest BCUT2D eigenvalue weighted by Crippen LogP contribution is -2.11. The third-order valence-corrected chi connectivity index (χ3v) is 2.96. The molecule has 0 bridgehead atoms. The first-order valence-electron chi connectivity index (χ1n) is 6.24. The molecule has 0 radical (unpaired) electrons. The molecule has 1 atom stereocenters. The van der Waals surface area contributed by atoms with Crippen molar-refractivity contribution < 1.29 is 4.42 Å². The first-order valence-corrected chi connectivity index (χ1v) is 6.62. The Balaban J connectivity index is 1.96. The number of benzene rings is 1. The molecule has 1 heterocycles.